The number of nitrogens with one attached hydrogen (secondary N) is 1. The number of hydrogen-bond acceptors (Lipinski definition) is 4. The minimum atomic E-state index is -0.729. The van der Waals surface area contributed by atoms with E-state index in [0.29, 0.717) is 11.1 Å². The van der Waals surface area contributed by atoms with Gasteiger partial charge < -0.3 is 14.8 Å². The molecular weight excluding hydrogens is 354 g/mol. The third-order valence-electron chi connectivity index (χ3n) is 4.79. The zero-order valence-electron chi connectivity index (χ0n) is 16.2. The Labute approximate surface area is 164 Å². The lowest BCUT2D eigenvalue weighted by Crippen LogP contribution is -2.20. The number of aromatic hydroxyl groups is 1. The Kier molecular flexibility index (Phi) is 6.14. The van der Waals surface area contributed by atoms with E-state index in [1.807, 2.05) is 19.1 Å². The van der Waals surface area contributed by atoms with Crippen molar-refractivity contribution >= 4 is 22.6 Å². The molecule has 5 heteroatoms. The zero-order chi connectivity index (χ0) is 20.1. The number of anilines is 1. The highest BCUT2D eigenvalue weighted by Gasteiger charge is 2.15. The number of rotatable bonds is 7. The molecule has 2 aromatic carbocycles. The Hall–Kier alpha value is -3.08. The molecule has 0 radical (unpaired) electrons. The molecule has 1 aromatic heterocycles. The lowest BCUT2D eigenvalue weighted by Gasteiger charge is -2.08. The first-order valence-corrected chi connectivity index (χ1v) is 9.65. The molecule has 0 aliphatic rings. The van der Waals surface area contributed by atoms with E-state index in [4.69, 9.17) is 4.42 Å². The van der Waals surface area contributed by atoms with Crippen LogP contribution in [0, 0.1) is 6.92 Å². The van der Waals surface area contributed by atoms with Gasteiger partial charge in [0, 0.05) is 17.1 Å². The summed E-state index contributed by atoms with van der Waals surface area (Å²) in [5.41, 5.74) is 1.96. The van der Waals surface area contributed by atoms with Crippen molar-refractivity contribution in [2.24, 2.45) is 0 Å². The summed E-state index contributed by atoms with van der Waals surface area (Å²) >= 11 is 0. The molecule has 146 valence electrons. The first-order chi connectivity index (χ1) is 13.5. The number of carbonyl (C=O) groups excluding carboxylic acids is 1. The maximum absolute atomic E-state index is 12.5. The molecular formula is C23H25NO4. The van der Waals surface area contributed by atoms with Crippen molar-refractivity contribution < 1.29 is 14.3 Å². The van der Waals surface area contributed by atoms with Crippen molar-refractivity contribution in [3.05, 3.63) is 69.6 Å². The second-order valence-corrected chi connectivity index (χ2v) is 7.10. The third-order valence-corrected chi connectivity index (χ3v) is 4.79. The number of amides is 1. The Morgan fingerprint density at radius 2 is 1.82 bits per heavy atom. The maximum atomic E-state index is 12.5. The number of unbranched alkanes of at least 4 members (excludes halogenated alkanes) is 3. The summed E-state index contributed by atoms with van der Waals surface area (Å²) in [7, 11) is 0. The normalized spacial score (nSPS) is 10.9. The van der Waals surface area contributed by atoms with Crippen molar-refractivity contribution in [1.82, 2.24) is 0 Å². The Morgan fingerprint density at radius 3 is 2.54 bits per heavy atom. The molecule has 0 aliphatic carbocycles. The Bertz CT molecular complexity index is 1030. The van der Waals surface area contributed by atoms with Crippen LogP contribution in [0.15, 0.2) is 51.7 Å². The summed E-state index contributed by atoms with van der Waals surface area (Å²) in [4.78, 5) is 24.8. The summed E-state index contributed by atoms with van der Waals surface area (Å²) < 4.78 is 5.27. The van der Waals surface area contributed by atoms with E-state index >= 15 is 0 Å². The van der Waals surface area contributed by atoms with Gasteiger partial charge in [0.2, 0.25) is 0 Å². The molecule has 0 saturated heterocycles. The highest BCUT2D eigenvalue weighted by molar-refractivity contribution is 6.05. The van der Waals surface area contributed by atoms with Gasteiger partial charge in [0.1, 0.15) is 16.9 Å². The molecule has 0 bridgehead atoms. The van der Waals surface area contributed by atoms with Gasteiger partial charge in [0.25, 0.3) is 5.91 Å². The van der Waals surface area contributed by atoms with E-state index in [1.165, 1.54) is 12.1 Å². The van der Waals surface area contributed by atoms with Crippen molar-refractivity contribution in [2.75, 3.05) is 5.32 Å². The molecule has 3 aromatic rings. The number of fused-ring (bicyclic) bond motifs is 1. The second kappa shape index (κ2) is 8.74. The SMILES string of the molecule is CCCCCCc1cc2cc(C(=O)Nc3ccc(C)cc3)c(=O)oc2cc1O. The number of carbonyl (C=O) groups is 1. The Balaban J connectivity index is 1.87. The van der Waals surface area contributed by atoms with Crippen LogP contribution in [-0.4, -0.2) is 11.0 Å². The fraction of sp³-hybridized carbons (Fsp3) is 0.304. The fourth-order valence-electron chi connectivity index (χ4n) is 3.14. The van der Waals surface area contributed by atoms with E-state index in [-0.39, 0.29) is 16.9 Å². The van der Waals surface area contributed by atoms with Gasteiger partial charge in [-0.25, -0.2) is 4.79 Å². The van der Waals surface area contributed by atoms with Crippen LogP contribution in [-0.2, 0) is 6.42 Å². The predicted octanol–water partition coefficient (Wildman–Crippen LogP) is 5.18. The van der Waals surface area contributed by atoms with Gasteiger partial charge in [-0.05, 0) is 49.6 Å². The first-order valence-electron chi connectivity index (χ1n) is 9.65. The summed E-state index contributed by atoms with van der Waals surface area (Å²) in [5, 5.41) is 13.5. The van der Waals surface area contributed by atoms with E-state index in [9.17, 15) is 14.7 Å². The van der Waals surface area contributed by atoms with Crippen LogP contribution in [0.3, 0.4) is 0 Å². The van der Waals surface area contributed by atoms with Crippen molar-refractivity contribution in [2.45, 2.75) is 46.0 Å². The molecule has 0 saturated carbocycles. The van der Waals surface area contributed by atoms with Crippen molar-refractivity contribution in [3.8, 4) is 5.75 Å². The fourth-order valence-corrected chi connectivity index (χ4v) is 3.14. The van der Waals surface area contributed by atoms with Crippen LogP contribution < -0.4 is 10.9 Å². The average molecular weight is 379 g/mol. The van der Waals surface area contributed by atoms with Gasteiger partial charge in [0.15, 0.2) is 0 Å². The highest BCUT2D eigenvalue weighted by atomic mass is 16.4. The molecule has 28 heavy (non-hydrogen) atoms. The molecule has 5 nitrogen and oxygen atoms in total. The smallest absolute Gasteiger partial charge is 0.349 e. The van der Waals surface area contributed by atoms with Crippen LogP contribution in [0.25, 0.3) is 11.0 Å². The number of benzene rings is 2. The molecule has 1 heterocycles. The summed E-state index contributed by atoms with van der Waals surface area (Å²) in [5.74, 6) is -0.402. The second-order valence-electron chi connectivity index (χ2n) is 7.10. The van der Waals surface area contributed by atoms with E-state index in [2.05, 4.69) is 12.2 Å². The molecule has 2 N–H and O–H groups in total. The standard InChI is InChI=1S/C23H25NO4/c1-3-4-5-6-7-16-12-17-13-19(23(27)28-21(17)14-20(16)25)22(26)24-18-10-8-15(2)9-11-18/h8-14,25H,3-7H2,1-2H3,(H,24,26). The van der Waals surface area contributed by atoms with E-state index < -0.39 is 11.5 Å². The minimum Gasteiger partial charge on any atom is -0.508 e. The van der Waals surface area contributed by atoms with Gasteiger partial charge in [-0.3, -0.25) is 4.79 Å². The molecule has 0 atom stereocenters. The van der Waals surface area contributed by atoms with Crippen LogP contribution in [0.1, 0.15) is 54.1 Å². The predicted molar refractivity (Wildman–Crippen MR) is 111 cm³/mol. The van der Waals surface area contributed by atoms with E-state index in [1.54, 1.807) is 18.2 Å². The van der Waals surface area contributed by atoms with Gasteiger partial charge >= 0.3 is 5.63 Å². The number of hydrogen-bond donors (Lipinski definition) is 2. The highest BCUT2D eigenvalue weighted by Crippen LogP contribution is 2.26. The quantitative estimate of drug-likeness (QED) is 0.438. The molecule has 3 rings (SSSR count). The van der Waals surface area contributed by atoms with Gasteiger partial charge in [-0.15, -0.1) is 0 Å². The zero-order valence-corrected chi connectivity index (χ0v) is 16.2. The molecule has 0 aliphatic heterocycles. The molecule has 1 amide bonds. The van der Waals surface area contributed by atoms with Gasteiger partial charge in [0.05, 0.1) is 0 Å². The maximum Gasteiger partial charge on any atom is 0.349 e. The Morgan fingerprint density at radius 1 is 1.07 bits per heavy atom. The molecule has 0 fully saturated rings. The average Bonchev–Trinajstić information content (AvgIpc) is 2.67. The largest absolute Gasteiger partial charge is 0.508 e. The van der Waals surface area contributed by atoms with Crippen LogP contribution >= 0.6 is 0 Å². The van der Waals surface area contributed by atoms with E-state index in [0.717, 1.165) is 43.2 Å². The molecule has 0 spiro atoms. The van der Waals surface area contributed by atoms with Crippen LogP contribution in [0.5, 0.6) is 5.75 Å². The summed E-state index contributed by atoms with van der Waals surface area (Å²) in [6, 6.07) is 12.1. The summed E-state index contributed by atoms with van der Waals surface area (Å²) in [6.45, 7) is 4.11. The molecule has 0 unspecified atom stereocenters. The van der Waals surface area contributed by atoms with Crippen LogP contribution in [0.2, 0.25) is 0 Å². The lowest BCUT2D eigenvalue weighted by molar-refractivity contribution is 0.102. The monoisotopic (exact) mass is 379 g/mol. The minimum absolute atomic E-state index is 0.0595. The number of phenols is 1. The van der Waals surface area contributed by atoms with Crippen molar-refractivity contribution in [1.29, 1.82) is 0 Å². The van der Waals surface area contributed by atoms with Gasteiger partial charge in [-0.1, -0.05) is 43.9 Å². The number of aryl methyl sites for hydroxylation is 2. The summed E-state index contributed by atoms with van der Waals surface area (Å²) in [6.07, 6.45) is 5.12. The lowest BCUT2D eigenvalue weighted by atomic mass is 10.0. The number of phenolic OH excluding ortho intramolecular Hbond substituents is 1. The first kappa shape index (κ1) is 19.7. The van der Waals surface area contributed by atoms with Gasteiger partial charge in [-0.2, -0.15) is 0 Å². The van der Waals surface area contributed by atoms with Crippen LogP contribution in [0.4, 0.5) is 5.69 Å². The van der Waals surface area contributed by atoms with Crippen molar-refractivity contribution in [3.63, 3.8) is 0 Å². The third kappa shape index (κ3) is 4.60. The topological polar surface area (TPSA) is 79.5 Å².